The van der Waals surface area contributed by atoms with Crippen molar-refractivity contribution in [1.29, 1.82) is 0 Å². The van der Waals surface area contributed by atoms with Crippen molar-refractivity contribution in [2.75, 3.05) is 19.8 Å². The lowest BCUT2D eigenvalue weighted by atomic mass is 10.0. The van der Waals surface area contributed by atoms with Gasteiger partial charge in [-0.3, -0.25) is 0 Å². The van der Waals surface area contributed by atoms with E-state index in [2.05, 4.69) is 41.1 Å². The van der Waals surface area contributed by atoms with Crippen LogP contribution in [0.15, 0.2) is 18.2 Å². The van der Waals surface area contributed by atoms with Crippen molar-refractivity contribution in [2.45, 2.75) is 25.1 Å². The highest BCUT2D eigenvalue weighted by Crippen LogP contribution is 2.27. The maximum atomic E-state index is 6.01. The topological polar surface area (TPSA) is 18.5 Å². The number of halogens is 1. The molecule has 1 aliphatic rings. The first-order chi connectivity index (χ1) is 8.31. The zero-order chi connectivity index (χ0) is 12.1. The number of ether oxygens (including phenoxy) is 2. The largest absolute Gasteiger partial charge is 0.493 e. The van der Waals surface area contributed by atoms with Gasteiger partial charge in [0.15, 0.2) is 0 Å². The summed E-state index contributed by atoms with van der Waals surface area (Å²) in [6.45, 7) is 4.68. The Morgan fingerprint density at radius 2 is 2.12 bits per heavy atom. The van der Waals surface area contributed by atoms with Gasteiger partial charge in [0, 0.05) is 24.1 Å². The summed E-state index contributed by atoms with van der Waals surface area (Å²) in [6, 6.07) is 6.29. The van der Waals surface area contributed by atoms with E-state index in [1.54, 1.807) is 0 Å². The number of aryl methyl sites for hydroxylation is 1. The number of hydrogen-bond donors (Lipinski definition) is 0. The van der Waals surface area contributed by atoms with Gasteiger partial charge < -0.3 is 9.47 Å². The molecule has 94 valence electrons. The Hall–Kier alpha value is -0.540. The van der Waals surface area contributed by atoms with Gasteiger partial charge in [0.2, 0.25) is 0 Å². The number of para-hydroxylation sites is 1. The smallest absolute Gasteiger partial charge is 0.126 e. The molecule has 0 amide bonds. The summed E-state index contributed by atoms with van der Waals surface area (Å²) in [5.41, 5.74) is 2.45. The van der Waals surface area contributed by atoms with E-state index in [4.69, 9.17) is 9.47 Å². The molecule has 0 spiro atoms. The maximum absolute atomic E-state index is 6.01. The van der Waals surface area contributed by atoms with E-state index >= 15 is 0 Å². The molecule has 2 rings (SSSR count). The van der Waals surface area contributed by atoms with Crippen LogP contribution in [0.1, 0.15) is 24.0 Å². The quantitative estimate of drug-likeness (QED) is 0.789. The van der Waals surface area contributed by atoms with Crippen molar-refractivity contribution < 1.29 is 9.47 Å². The van der Waals surface area contributed by atoms with Crippen molar-refractivity contribution >= 4 is 15.9 Å². The molecular formula is C14H19BrO2. The lowest BCUT2D eigenvalue weighted by molar-refractivity contribution is 0.0495. The first kappa shape index (κ1) is 12.9. The highest BCUT2D eigenvalue weighted by molar-refractivity contribution is 9.08. The molecule has 1 aliphatic heterocycles. The van der Waals surface area contributed by atoms with Crippen LogP contribution in [0.4, 0.5) is 0 Å². The number of alkyl halides is 1. The minimum absolute atomic E-state index is 0.645. The molecule has 0 bridgehead atoms. The molecule has 17 heavy (non-hydrogen) atoms. The lowest BCUT2D eigenvalue weighted by Gasteiger charge is -2.23. The summed E-state index contributed by atoms with van der Waals surface area (Å²) >= 11 is 3.51. The van der Waals surface area contributed by atoms with Crippen LogP contribution in [0.25, 0.3) is 0 Å². The third-order valence-electron chi connectivity index (χ3n) is 3.24. The fourth-order valence-electron chi connectivity index (χ4n) is 2.14. The summed E-state index contributed by atoms with van der Waals surface area (Å²) < 4.78 is 11.4. The molecule has 0 unspecified atom stereocenters. The van der Waals surface area contributed by atoms with E-state index in [1.807, 2.05) is 0 Å². The SMILES string of the molecule is Cc1cccc(CBr)c1OCC1CCOCC1. The van der Waals surface area contributed by atoms with Gasteiger partial charge in [-0.1, -0.05) is 34.1 Å². The van der Waals surface area contributed by atoms with E-state index in [0.29, 0.717) is 5.92 Å². The zero-order valence-corrected chi connectivity index (χ0v) is 11.8. The Balaban J connectivity index is 1.97. The van der Waals surface area contributed by atoms with Crippen molar-refractivity contribution in [1.82, 2.24) is 0 Å². The second kappa shape index (κ2) is 6.41. The Morgan fingerprint density at radius 3 is 2.82 bits per heavy atom. The van der Waals surface area contributed by atoms with Crippen LogP contribution in [0.2, 0.25) is 0 Å². The first-order valence-corrected chi connectivity index (χ1v) is 7.28. The van der Waals surface area contributed by atoms with Gasteiger partial charge in [0.05, 0.1) is 6.61 Å². The van der Waals surface area contributed by atoms with Crippen LogP contribution >= 0.6 is 15.9 Å². The number of hydrogen-bond acceptors (Lipinski definition) is 2. The lowest BCUT2D eigenvalue weighted by Crippen LogP contribution is -2.21. The molecule has 1 aromatic rings. The van der Waals surface area contributed by atoms with E-state index in [-0.39, 0.29) is 0 Å². The average Bonchev–Trinajstić information content (AvgIpc) is 2.38. The standard InChI is InChI=1S/C14H19BrO2/c1-11-3-2-4-13(9-15)14(11)17-10-12-5-7-16-8-6-12/h2-4,12H,5-10H2,1H3. The molecule has 1 fully saturated rings. The van der Waals surface area contributed by atoms with Crippen LogP contribution < -0.4 is 4.74 Å². The first-order valence-electron chi connectivity index (χ1n) is 6.16. The summed E-state index contributed by atoms with van der Waals surface area (Å²) in [5, 5.41) is 0.845. The second-order valence-corrected chi connectivity index (χ2v) is 5.12. The molecule has 0 radical (unpaired) electrons. The molecule has 0 saturated carbocycles. The molecule has 1 heterocycles. The normalized spacial score (nSPS) is 17.1. The molecular weight excluding hydrogens is 280 g/mol. The van der Waals surface area contributed by atoms with Crippen LogP contribution in [-0.2, 0) is 10.1 Å². The summed E-state index contributed by atoms with van der Waals surface area (Å²) in [7, 11) is 0. The van der Waals surface area contributed by atoms with E-state index in [0.717, 1.165) is 43.7 Å². The van der Waals surface area contributed by atoms with Gasteiger partial charge in [-0.25, -0.2) is 0 Å². The van der Waals surface area contributed by atoms with E-state index in [9.17, 15) is 0 Å². The maximum Gasteiger partial charge on any atom is 0.126 e. The molecule has 0 N–H and O–H groups in total. The third-order valence-corrected chi connectivity index (χ3v) is 3.85. The molecule has 0 aromatic heterocycles. The Morgan fingerprint density at radius 1 is 1.35 bits per heavy atom. The molecule has 1 saturated heterocycles. The van der Waals surface area contributed by atoms with Gasteiger partial charge in [-0.05, 0) is 31.2 Å². The van der Waals surface area contributed by atoms with Crippen LogP contribution in [0, 0.1) is 12.8 Å². The highest BCUT2D eigenvalue weighted by Gasteiger charge is 2.15. The predicted octanol–water partition coefficient (Wildman–Crippen LogP) is 3.70. The van der Waals surface area contributed by atoms with Crippen LogP contribution in [0.5, 0.6) is 5.75 Å². The van der Waals surface area contributed by atoms with Gasteiger partial charge >= 0.3 is 0 Å². The number of rotatable bonds is 4. The van der Waals surface area contributed by atoms with E-state index < -0.39 is 0 Å². The van der Waals surface area contributed by atoms with Gasteiger partial charge in [-0.15, -0.1) is 0 Å². The Labute approximate surface area is 111 Å². The van der Waals surface area contributed by atoms with Crippen molar-refractivity contribution in [3.8, 4) is 5.75 Å². The Bertz CT molecular complexity index is 359. The van der Waals surface area contributed by atoms with E-state index in [1.165, 1.54) is 11.1 Å². The fraction of sp³-hybridized carbons (Fsp3) is 0.571. The van der Waals surface area contributed by atoms with Crippen molar-refractivity contribution in [3.05, 3.63) is 29.3 Å². The van der Waals surface area contributed by atoms with Gasteiger partial charge in [-0.2, -0.15) is 0 Å². The number of benzene rings is 1. The van der Waals surface area contributed by atoms with Crippen molar-refractivity contribution in [3.63, 3.8) is 0 Å². The molecule has 0 atom stereocenters. The minimum Gasteiger partial charge on any atom is -0.493 e. The second-order valence-electron chi connectivity index (χ2n) is 4.56. The van der Waals surface area contributed by atoms with Crippen molar-refractivity contribution in [2.24, 2.45) is 5.92 Å². The Kier molecular flexibility index (Phi) is 4.86. The molecule has 3 heteroatoms. The van der Waals surface area contributed by atoms with Gasteiger partial charge in [0.1, 0.15) is 5.75 Å². The minimum atomic E-state index is 0.645. The summed E-state index contributed by atoms with van der Waals surface area (Å²) in [5.74, 6) is 1.70. The molecule has 2 nitrogen and oxygen atoms in total. The summed E-state index contributed by atoms with van der Waals surface area (Å²) in [6.07, 6.45) is 2.24. The molecule has 0 aliphatic carbocycles. The highest BCUT2D eigenvalue weighted by atomic mass is 79.9. The van der Waals surface area contributed by atoms with Gasteiger partial charge in [0.25, 0.3) is 0 Å². The van der Waals surface area contributed by atoms with Crippen LogP contribution in [0.3, 0.4) is 0 Å². The predicted molar refractivity (Wildman–Crippen MR) is 72.8 cm³/mol. The average molecular weight is 299 g/mol. The zero-order valence-electron chi connectivity index (χ0n) is 10.2. The summed E-state index contributed by atoms with van der Waals surface area (Å²) in [4.78, 5) is 0. The molecule has 1 aromatic carbocycles. The monoisotopic (exact) mass is 298 g/mol. The fourth-order valence-corrected chi connectivity index (χ4v) is 2.58. The third kappa shape index (κ3) is 3.46. The van der Waals surface area contributed by atoms with Crippen LogP contribution in [-0.4, -0.2) is 19.8 Å².